The highest BCUT2D eigenvalue weighted by molar-refractivity contribution is 5.92. The van der Waals surface area contributed by atoms with Crippen LogP contribution < -0.4 is 10.2 Å². The molecule has 0 spiro atoms. The van der Waals surface area contributed by atoms with Gasteiger partial charge in [-0.15, -0.1) is 0 Å². The number of rotatable bonds is 7. The van der Waals surface area contributed by atoms with E-state index in [1.54, 1.807) is 11.0 Å². The highest BCUT2D eigenvalue weighted by Crippen LogP contribution is 2.13. The maximum atomic E-state index is 12.3. The number of nitrogens with one attached hydrogen (secondary N) is 1. The lowest BCUT2D eigenvalue weighted by Crippen LogP contribution is -2.46. The van der Waals surface area contributed by atoms with Gasteiger partial charge in [0.1, 0.15) is 17.8 Å². The van der Waals surface area contributed by atoms with Crippen molar-refractivity contribution in [3.63, 3.8) is 0 Å². The average Bonchev–Trinajstić information content (AvgIpc) is 2.72. The fraction of sp³-hybridized carbons (Fsp3) is 0.368. The quantitative estimate of drug-likeness (QED) is 0.596. The van der Waals surface area contributed by atoms with Crippen molar-refractivity contribution < 1.29 is 9.59 Å². The first-order valence-corrected chi connectivity index (χ1v) is 8.85. The molecule has 2 aromatic rings. The zero-order chi connectivity index (χ0) is 18.2. The van der Waals surface area contributed by atoms with E-state index in [-0.39, 0.29) is 5.91 Å². The molecule has 2 heterocycles. The third-order valence-electron chi connectivity index (χ3n) is 4.44. The molecule has 0 unspecified atom stereocenters. The fourth-order valence-electron chi connectivity index (χ4n) is 2.93. The van der Waals surface area contributed by atoms with Gasteiger partial charge in [0.15, 0.2) is 0 Å². The minimum atomic E-state index is -0.187. The molecule has 26 heavy (non-hydrogen) atoms. The van der Waals surface area contributed by atoms with E-state index in [4.69, 9.17) is 0 Å². The van der Waals surface area contributed by atoms with Crippen LogP contribution in [0.3, 0.4) is 0 Å². The minimum absolute atomic E-state index is 0.187. The Labute approximate surface area is 153 Å². The molecular weight excluding hydrogens is 330 g/mol. The lowest BCUT2D eigenvalue weighted by atomic mass is 10.1. The van der Waals surface area contributed by atoms with Crippen LogP contribution in [0.4, 0.5) is 5.82 Å². The molecular formula is C19H23N5O2. The number of nitrogens with zero attached hydrogens (tertiary/aromatic N) is 4. The predicted molar refractivity (Wildman–Crippen MR) is 99.0 cm³/mol. The maximum Gasteiger partial charge on any atom is 0.270 e. The molecule has 1 aromatic heterocycles. The van der Waals surface area contributed by atoms with Crippen molar-refractivity contribution in [1.82, 2.24) is 20.2 Å². The molecule has 136 valence electrons. The van der Waals surface area contributed by atoms with Crippen LogP contribution in [-0.2, 0) is 11.2 Å². The van der Waals surface area contributed by atoms with Gasteiger partial charge in [0.2, 0.25) is 6.41 Å². The van der Waals surface area contributed by atoms with Crippen LogP contribution in [-0.4, -0.2) is 59.9 Å². The van der Waals surface area contributed by atoms with Gasteiger partial charge in [-0.1, -0.05) is 30.3 Å². The second-order valence-corrected chi connectivity index (χ2v) is 6.23. The van der Waals surface area contributed by atoms with Crippen molar-refractivity contribution in [3.8, 4) is 0 Å². The Hall–Kier alpha value is -2.96. The number of aryl methyl sites for hydroxylation is 1. The van der Waals surface area contributed by atoms with Crippen molar-refractivity contribution >= 4 is 18.1 Å². The van der Waals surface area contributed by atoms with E-state index in [1.165, 1.54) is 11.9 Å². The van der Waals surface area contributed by atoms with Crippen LogP contribution in [0.25, 0.3) is 0 Å². The normalized spacial score (nSPS) is 14.2. The third-order valence-corrected chi connectivity index (χ3v) is 4.44. The monoisotopic (exact) mass is 353 g/mol. The fourth-order valence-corrected chi connectivity index (χ4v) is 2.93. The Balaban J connectivity index is 1.49. The van der Waals surface area contributed by atoms with Gasteiger partial charge in [0.25, 0.3) is 5.91 Å². The van der Waals surface area contributed by atoms with E-state index in [9.17, 15) is 9.59 Å². The second-order valence-electron chi connectivity index (χ2n) is 6.23. The molecule has 0 radical (unpaired) electrons. The standard InChI is InChI=1S/C19H23N5O2/c25-15-23-9-11-24(12-10-23)18-13-17(21-14-22-18)19(26)20-8-4-7-16-5-2-1-3-6-16/h1-3,5-6,13-15H,4,7-12H2,(H,20,26). The summed E-state index contributed by atoms with van der Waals surface area (Å²) in [6, 6.07) is 11.9. The van der Waals surface area contributed by atoms with Gasteiger partial charge in [0.05, 0.1) is 0 Å². The third kappa shape index (κ3) is 4.78. The Morgan fingerprint density at radius 2 is 1.88 bits per heavy atom. The molecule has 0 aliphatic carbocycles. The number of aromatic nitrogens is 2. The van der Waals surface area contributed by atoms with E-state index < -0.39 is 0 Å². The molecule has 1 aliphatic rings. The zero-order valence-electron chi connectivity index (χ0n) is 14.7. The summed E-state index contributed by atoms with van der Waals surface area (Å²) in [7, 11) is 0. The Bertz CT molecular complexity index is 730. The summed E-state index contributed by atoms with van der Waals surface area (Å²) in [4.78, 5) is 35.2. The van der Waals surface area contributed by atoms with Gasteiger partial charge in [-0.2, -0.15) is 0 Å². The Morgan fingerprint density at radius 1 is 1.12 bits per heavy atom. The molecule has 1 aromatic carbocycles. The first-order valence-electron chi connectivity index (χ1n) is 8.85. The summed E-state index contributed by atoms with van der Waals surface area (Å²) in [6.07, 6.45) is 4.09. The van der Waals surface area contributed by atoms with Crippen molar-refractivity contribution in [2.75, 3.05) is 37.6 Å². The molecule has 7 nitrogen and oxygen atoms in total. The van der Waals surface area contributed by atoms with Crippen molar-refractivity contribution in [2.24, 2.45) is 0 Å². The number of hydrogen-bond donors (Lipinski definition) is 1. The molecule has 7 heteroatoms. The summed E-state index contributed by atoms with van der Waals surface area (Å²) in [5.74, 6) is 0.535. The molecule has 3 rings (SSSR count). The molecule has 1 saturated heterocycles. The van der Waals surface area contributed by atoms with E-state index in [1.807, 2.05) is 18.2 Å². The largest absolute Gasteiger partial charge is 0.353 e. The first kappa shape index (κ1) is 17.8. The SMILES string of the molecule is O=CN1CCN(c2cc(C(=O)NCCCc3ccccc3)ncn2)CC1. The summed E-state index contributed by atoms with van der Waals surface area (Å²) >= 11 is 0. The molecule has 1 N–H and O–H groups in total. The van der Waals surface area contributed by atoms with E-state index in [2.05, 4.69) is 32.3 Å². The van der Waals surface area contributed by atoms with E-state index >= 15 is 0 Å². The highest BCUT2D eigenvalue weighted by Gasteiger charge is 2.18. The number of benzene rings is 1. The topological polar surface area (TPSA) is 78.4 Å². The summed E-state index contributed by atoms with van der Waals surface area (Å²) in [5, 5.41) is 2.91. The number of piperazine rings is 1. The molecule has 0 saturated carbocycles. The second kappa shape index (κ2) is 8.94. The lowest BCUT2D eigenvalue weighted by Gasteiger charge is -2.33. The van der Waals surface area contributed by atoms with E-state index in [0.717, 1.165) is 25.1 Å². The predicted octanol–water partition coefficient (Wildman–Crippen LogP) is 1.12. The Kier molecular flexibility index (Phi) is 6.14. The van der Waals surface area contributed by atoms with Gasteiger partial charge in [-0.25, -0.2) is 9.97 Å². The number of hydrogen-bond acceptors (Lipinski definition) is 5. The molecule has 1 fully saturated rings. The maximum absolute atomic E-state index is 12.3. The van der Waals surface area contributed by atoms with Gasteiger partial charge < -0.3 is 15.1 Å². The first-order chi connectivity index (χ1) is 12.8. The summed E-state index contributed by atoms with van der Waals surface area (Å²) in [5.41, 5.74) is 1.63. The highest BCUT2D eigenvalue weighted by atomic mass is 16.2. The van der Waals surface area contributed by atoms with Crippen LogP contribution in [0.1, 0.15) is 22.5 Å². The van der Waals surface area contributed by atoms with Crippen LogP contribution in [0.5, 0.6) is 0 Å². The van der Waals surface area contributed by atoms with Gasteiger partial charge >= 0.3 is 0 Å². The molecule has 0 atom stereocenters. The van der Waals surface area contributed by atoms with Gasteiger partial charge in [-0.05, 0) is 18.4 Å². The molecule has 0 bridgehead atoms. The summed E-state index contributed by atoms with van der Waals surface area (Å²) < 4.78 is 0. The summed E-state index contributed by atoms with van der Waals surface area (Å²) in [6.45, 7) is 3.33. The van der Waals surface area contributed by atoms with Gasteiger partial charge in [0, 0.05) is 38.8 Å². The Morgan fingerprint density at radius 3 is 2.62 bits per heavy atom. The van der Waals surface area contributed by atoms with Gasteiger partial charge in [-0.3, -0.25) is 9.59 Å². The zero-order valence-corrected chi connectivity index (χ0v) is 14.7. The lowest BCUT2D eigenvalue weighted by molar-refractivity contribution is -0.118. The van der Waals surface area contributed by atoms with Crippen molar-refractivity contribution in [3.05, 3.63) is 54.0 Å². The van der Waals surface area contributed by atoms with Crippen LogP contribution in [0.15, 0.2) is 42.7 Å². The number of carbonyl (C=O) groups excluding carboxylic acids is 2. The number of carbonyl (C=O) groups is 2. The van der Waals surface area contributed by atoms with Crippen LogP contribution in [0.2, 0.25) is 0 Å². The van der Waals surface area contributed by atoms with Crippen molar-refractivity contribution in [2.45, 2.75) is 12.8 Å². The van der Waals surface area contributed by atoms with Crippen molar-refractivity contribution in [1.29, 1.82) is 0 Å². The number of anilines is 1. The number of amides is 2. The smallest absolute Gasteiger partial charge is 0.270 e. The minimum Gasteiger partial charge on any atom is -0.353 e. The average molecular weight is 353 g/mol. The van der Waals surface area contributed by atoms with E-state index in [0.29, 0.717) is 38.4 Å². The van der Waals surface area contributed by atoms with Crippen LogP contribution in [0, 0.1) is 0 Å². The molecule has 2 amide bonds. The van der Waals surface area contributed by atoms with Crippen LogP contribution >= 0.6 is 0 Å². The molecule has 1 aliphatic heterocycles.